The highest BCUT2D eigenvalue weighted by molar-refractivity contribution is 5.90. The summed E-state index contributed by atoms with van der Waals surface area (Å²) in [4.78, 5) is 15.7. The number of hydrogen-bond donors (Lipinski definition) is 1. The van der Waals surface area contributed by atoms with Gasteiger partial charge in [-0.1, -0.05) is 12.1 Å². The van der Waals surface area contributed by atoms with Gasteiger partial charge in [-0.2, -0.15) is 13.2 Å². The number of benzene rings is 1. The molecule has 0 radical (unpaired) electrons. The third kappa shape index (κ3) is 4.48. The van der Waals surface area contributed by atoms with Crippen molar-refractivity contribution in [2.75, 3.05) is 25.0 Å². The molecule has 1 fully saturated rings. The summed E-state index contributed by atoms with van der Waals surface area (Å²) in [7, 11) is 0. The van der Waals surface area contributed by atoms with Gasteiger partial charge in [0.15, 0.2) is 0 Å². The van der Waals surface area contributed by atoms with Crippen molar-refractivity contribution in [1.82, 2.24) is 9.80 Å². The maximum absolute atomic E-state index is 12.7. The van der Waals surface area contributed by atoms with Crippen molar-refractivity contribution < 1.29 is 22.7 Å². The van der Waals surface area contributed by atoms with Crippen LogP contribution in [-0.2, 0) is 17.8 Å². The predicted molar refractivity (Wildman–Crippen MR) is 91.8 cm³/mol. The number of hydrogen-bond acceptors (Lipinski definition) is 3. The molecule has 144 valence electrons. The van der Waals surface area contributed by atoms with Gasteiger partial charge in [-0.15, -0.1) is 0 Å². The van der Waals surface area contributed by atoms with E-state index in [1.807, 2.05) is 20.8 Å². The minimum atomic E-state index is -4.24. The normalized spacial score (nSPS) is 23.0. The summed E-state index contributed by atoms with van der Waals surface area (Å²) < 4.78 is 43.8. The van der Waals surface area contributed by atoms with E-state index in [1.54, 1.807) is 23.1 Å². The van der Waals surface area contributed by atoms with Crippen LogP contribution in [0.25, 0.3) is 0 Å². The molecule has 2 heterocycles. The number of ether oxygens (including phenoxy) is 1. The molecule has 8 heteroatoms. The van der Waals surface area contributed by atoms with Gasteiger partial charge in [-0.25, -0.2) is 4.79 Å². The monoisotopic (exact) mass is 371 g/mol. The summed E-state index contributed by atoms with van der Waals surface area (Å²) in [6.45, 7) is 6.16. The molecule has 0 saturated carbocycles. The van der Waals surface area contributed by atoms with E-state index in [4.69, 9.17) is 4.74 Å². The summed E-state index contributed by atoms with van der Waals surface area (Å²) >= 11 is 0. The van der Waals surface area contributed by atoms with Crippen LogP contribution in [0.2, 0.25) is 0 Å². The largest absolute Gasteiger partial charge is 0.401 e. The fourth-order valence-electron chi connectivity index (χ4n) is 3.78. The quantitative estimate of drug-likeness (QED) is 0.864. The lowest BCUT2D eigenvalue weighted by atomic mass is 10.1. The Hall–Kier alpha value is -1.80. The Morgan fingerprint density at radius 1 is 1.35 bits per heavy atom. The van der Waals surface area contributed by atoms with Gasteiger partial charge in [-0.05, 0) is 38.0 Å². The Kier molecular flexibility index (Phi) is 4.92. The van der Waals surface area contributed by atoms with E-state index in [2.05, 4.69) is 5.32 Å². The maximum atomic E-state index is 12.7. The molecule has 0 spiro atoms. The van der Waals surface area contributed by atoms with E-state index in [9.17, 15) is 18.0 Å². The average molecular weight is 371 g/mol. The molecule has 0 aliphatic carbocycles. The molecule has 1 saturated heterocycles. The minimum Gasteiger partial charge on any atom is -0.369 e. The number of fused-ring (bicyclic) bond motifs is 1. The maximum Gasteiger partial charge on any atom is 0.401 e. The summed E-state index contributed by atoms with van der Waals surface area (Å²) in [5, 5.41) is 2.88. The molecule has 26 heavy (non-hydrogen) atoms. The second kappa shape index (κ2) is 6.74. The van der Waals surface area contributed by atoms with Gasteiger partial charge in [0, 0.05) is 25.3 Å². The van der Waals surface area contributed by atoms with Crippen LogP contribution < -0.4 is 5.32 Å². The fourth-order valence-corrected chi connectivity index (χ4v) is 3.78. The van der Waals surface area contributed by atoms with Crippen LogP contribution in [0.15, 0.2) is 18.2 Å². The molecular weight excluding hydrogens is 347 g/mol. The SMILES string of the molecule is C[C@H]1CN(C(=O)Nc2cccc3c2CN(CC(F)(F)F)C3)CC(C)(C)O1. The topological polar surface area (TPSA) is 44.8 Å². The molecule has 1 aromatic rings. The number of anilines is 1. The number of halogens is 3. The van der Waals surface area contributed by atoms with Crippen molar-refractivity contribution in [1.29, 1.82) is 0 Å². The summed E-state index contributed by atoms with van der Waals surface area (Å²) in [6.07, 6.45) is -4.31. The predicted octanol–water partition coefficient (Wildman–Crippen LogP) is 3.60. The molecule has 1 N–H and O–H groups in total. The van der Waals surface area contributed by atoms with Gasteiger partial charge < -0.3 is 15.0 Å². The van der Waals surface area contributed by atoms with Gasteiger partial charge in [-0.3, -0.25) is 4.90 Å². The summed E-state index contributed by atoms with van der Waals surface area (Å²) in [6, 6.07) is 5.05. The van der Waals surface area contributed by atoms with Crippen molar-refractivity contribution in [3.8, 4) is 0 Å². The zero-order valence-electron chi connectivity index (χ0n) is 15.2. The van der Waals surface area contributed by atoms with Gasteiger partial charge in [0.25, 0.3) is 0 Å². The van der Waals surface area contributed by atoms with Gasteiger partial charge >= 0.3 is 12.2 Å². The van der Waals surface area contributed by atoms with Crippen molar-refractivity contribution in [3.05, 3.63) is 29.3 Å². The average Bonchev–Trinajstić information content (AvgIpc) is 2.86. The molecule has 0 bridgehead atoms. The highest BCUT2D eigenvalue weighted by atomic mass is 19.4. The molecule has 5 nitrogen and oxygen atoms in total. The number of nitrogens with zero attached hydrogens (tertiary/aromatic N) is 2. The summed E-state index contributed by atoms with van der Waals surface area (Å²) in [5.41, 5.74) is 1.72. The fraction of sp³-hybridized carbons (Fsp3) is 0.611. The summed E-state index contributed by atoms with van der Waals surface area (Å²) in [5.74, 6) is 0. The highest BCUT2D eigenvalue weighted by Crippen LogP contribution is 2.32. The molecule has 2 aliphatic rings. The lowest BCUT2D eigenvalue weighted by molar-refractivity contribution is -0.146. The highest BCUT2D eigenvalue weighted by Gasteiger charge is 2.36. The van der Waals surface area contributed by atoms with Gasteiger partial charge in [0.2, 0.25) is 0 Å². The number of alkyl halides is 3. The first-order valence-electron chi connectivity index (χ1n) is 8.66. The van der Waals surface area contributed by atoms with E-state index >= 15 is 0 Å². The van der Waals surface area contributed by atoms with Crippen LogP contribution in [0.3, 0.4) is 0 Å². The van der Waals surface area contributed by atoms with Gasteiger partial charge in [0.05, 0.1) is 24.8 Å². The number of carbonyl (C=O) groups is 1. The van der Waals surface area contributed by atoms with Crippen LogP contribution in [0, 0.1) is 0 Å². The van der Waals surface area contributed by atoms with E-state index in [-0.39, 0.29) is 25.2 Å². The lowest BCUT2D eigenvalue weighted by Gasteiger charge is -2.41. The first-order chi connectivity index (χ1) is 12.0. The van der Waals surface area contributed by atoms with Crippen LogP contribution in [0.4, 0.5) is 23.7 Å². The zero-order valence-corrected chi connectivity index (χ0v) is 15.2. The van der Waals surface area contributed by atoms with Crippen LogP contribution >= 0.6 is 0 Å². The molecule has 1 atom stereocenters. The second-order valence-electron chi connectivity index (χ2n) is 7.70. The van der Waals surface area contributed by atoms with Crippen LogP contribution in [-0.4, -0.2) is 53.3 Å². The number of amides is 2. The Morgan fingerprint density at radius 3 is 2.73 bits per heavy atom. The van der Waals surface area contributed by atoms with Crippen molar-refractivity contribution in [2.24, 2.45) is 0 Å². The Balaban J connectivity index is 1.71. The van der Waals surface area contributed by atoms with Crippen LogP contribution in [0.5, 0.6) is 0 Å². The third-order valence-corrected chi connectivity index (χ3v) is 4.55. The first-order valence-corrected chi connectivity index (χ1v) is 8.66. The number of carbonyl (C=O) groups excluding carboxylic acids is 1. The number of rotatable bonds is 2. The molecule has 0 aromatic heterocycles. The minimum absolute atomic E-state index is 0.0757. The second-order valence-corrected chi connectivity index (χ2v) is 7.70. The van der Waals surface area contributed by atoms with Crippen LogP contribution in [0.1, 0.15) is 31.9 Å². The standard InChI is InChI=1S/C18H24F3N3O2/c1-12-7-24(10-17(2,3)26-12)16(25)22-15-6-4-5-13-8-23(9-14(13)15)11-18(19,20)21/h4-6,12H,7-11H2,1-3H3,(H,22,25)/t12-/m0/s1. The molecule has 3 rings (SSSR count). The molecule has 0 unspecified atom stereocenters. The molecular formula is C18H24F3N3O2. The van der Waals surface area contributed by atoms with E-state index in [1.165, 1.54) is 4.90 Å². The van der Waals surface area contributed by atoms with Gasteiger partial charge in [0.1, 0.15) is 0 Å². The molecule has 1 aromatic carbocycles. The Bertz CT molecular complexity index is 691. The number of morpholine rings is 1. The van der Waals surface area contributed by atoms with Crippen molar-refractivity contribution >= 4 is 11.7 Å². The molecule has 2 aliphatic heterocycles. The Morgan fingerprint density at radius 2 is 2.08 bits per heavy atom. The van der Waals surface area contributed by atoms with E-state index < -0.39 is 18.3 Å². The van der Waals surface area contributed by atoms with E-state index in [0.717, 1.165) is 11.1 Å². The number of urea groups is 1. The van der Waals surface area contributed by atoms with Crippen molar-refractivity contribution in [3.63, 3.8) is 0 Å². The first kappa shape index (κ1) is 19.0. The Labute approximate surface area is 151 Å². The smallest absolute Gasteiger partial charge is 0.369 e. The number of nitrogens with one attached hydrogen (secondary N) is 1. The lowest BCUT2D eigenvalue weighted by Crippen LogP contribution is -2.54. The molecule has 2 amide bonds. The third-order valence-electron chi connectivity index (χ3n) is 4.55. The van der Waals surface area contributed by atoms with E-state index in [0.29, 0.717) is 18.8 Å². The zero-order chi connectivity index (χ0) is 19.1. The van der Waals surface area contributed by atoms with Crippen molar-refractivity contribution in [2.45, 2.75) is 51.7 Å².